The van der Waals surface area contributed by atoms with Crippen molar-refractivity contribution in [3.63, 3.8) is 0 Å². The van der Waals surface area contributed by atoms with Crippen molar-refractivity contribution in [1.82, 2.24) is 4.90 Å². The number of ether oxygens (including phenoxy) is 1. The van der Waals surface area contributed by atoms with Crippen molar-refractivity contribution < 1.29 is 9.15 Å². The average Bonchev–Trinajstić information content (AvgIpc) is 3.32. The second-order valence-electron chi connectivity index (χ2n) is 6.52. The largest absolute Gasteiger partial charge is 0.464 e. The molecule has 25 heavy (non-hydrogen) atoms. The Balaban J connectivity index is 1.58. The topological polar surface area (TPSA) is 42.7 Å². The molecule has 4 nitrogen and oxygen atoms in total. The van der Waals surface area contributed by atoms with E-state index < -0.39 is 0 Å². The molecular weight excluding hydrogens is 334 g/mol. The monoisotopic (exact) mass is 355 g/mol. The first-order chi connectivity index (χ1) is 12.3. The highest BCUT2D eigenvalue weighted by atomic mass is 32.1. The summed E-state index contributed by atoms with van der Waals surface area (Å²) in [6.07, 6.45) is 4.08. The minimum absolute atomic E-state index is 0.0597. The van der Waals surface area contributed by atoms with Crippen LogP contribution in [0.15, 0.2) is 56.6 Å². The van der Waals surface area contributed by atoms with Crippen LogP contribution in [0.1, 0.15) is 24.0 Å². The Kier molecular flexibility index (Phi) is 4.97. The molecule has 1 atom stereocenters. The highest BCUT2D eigenvalue weighted by Crippen LogP contribution is 2.18. The van der Waals surface area contributed by atoms with E-state index in [9.17, 15) is 4.79 Å². The molecule has 3 heterocycles. The fourth-order valence-corrected chi connectivity index (χ4v) is 4.03. The van der Waals surface area contributed by atoms with E-state index in [0.29, 0.717) is 23.1 Å². The zero-order chi connectivity index (χ0) is 17.1. The summed E-state index contributed by atoms with van der Waals surface area (Å²) in [5.41, 5.74) is 2.67. The van der Waals surface area contributed by atoms with E-state index in [0.717, 1.165) is 32.5 Å². The van der Waals surface area contributed by atoms with Gasteiger partial charge in [0.2, 0.25) is 0 Å². The summed E-state index contributed by atoms with van der Waals surface area (Å²) in [5, 5.41) is 4.89. The van der Waals surface area contributed by atoms with Crippen LogP contribution < -0.4 is 5.43 Å². The molecule has 4 rings (SSSR count). The molecule has 0 N–H and O–H groups in total. The number of rotatable bonds is 6. The molecule has 0 radical (unpaired) electrons. The Bertz CT molecular complexity index is 881. The molecule has 0 bridgehead atoms. The normalized spacial score (nSPS) is 17.6. The van der Waals surface area contributed by atoms with Gasteiger partial charge in [-0.25, -0.2) is 0 Å². The van der Waals surface area contributed by atoms with Crippen molar-refractivity contribution in [3.05, 3.63) is 68.7 Å². The van der Waals surface area contributed by atoms with E-state index in [1.165, 1.54) is 5.56 Å². The Hall–Kier alpha value is -1.95. The van der Waals surface area contributed by atoms with Gasteiger partial charge in [-0.15, -0.1) is 0 Å². The fourth-order valence-electron chi connectivity index (χ4n) is 3.37. The predicted octanol–water partition coefficient (Wildman–Crippen LogP) is 4.04. The number of fused-ring (bicyclic) bond motifs is 1. The molecule has 0 aliphatic carbocycles. The van der Waals surface area contributed by atoms with Gasteiger partial charge in [-0.3, -0.25) is 9.69 Å². The van der Waals surface area contributed by atoms with E-state index >= 15 is 0 Å². The first-order valence-corrected chi connectivity index (χ1v) is 9.58. The minimum atomic E-state index is 0.0597. The highest BCUT2D eigenvalue weighted by molar-refractivity contribution is 7.07. The van der Waals surface area contributed by atoms with Crippen LogP contribution in [0.2, 0.25) is 0 Å². The summed E-state index contributed by atoms with van der Waals surface area (Å²) in [5.74, 6) is 0. The summed E-state index contributed by atoms with van der Waals surface area (Å²) in [4.78, 5) is 15.1. The van der Waals surface area contributed by atoms with E-state index in [4.69, 9.17) is 9.15 Å². The Morgan fingerprint density at radius 3 is 2.92 bits per heavy atom. The fraction of sp³-hybridized carbons (Fsp3) is 0.350. The predicted molar refractivity (Wildman–Crippen MR) is 99.9 cm³/mol. The smallest absolute Gasteiger partial charge is 0.197 e. The third kappa shape index (κ3) is 3.84. The molecular formula is C20H21NO3S. The third-order valence-corrected chi connectivity index (χ3v) is 5.35. The lowest BCUT2D eigenvalue weighted by atomic mass is 10.1. The van der Waals surface area contributed by atoms with Crippen molar-refractivity contribution in [2.45, 2.75) is 32.0 Å². The van der Waals surface area contributed by atoms with Crippen LogP contribution in [0, 0.1) is 0 Å². The van der Waals surface area contributed by atoms with Crippen LogP contribution >= 0.6 is 11.3 Å². The van der Waals surface area contributed by atoms with Crippen molar-refractivity contribution in [1.29, 1.82) is 0 Å². The van der Waals surface area contributed by atoms with Gasteiger partial charge in [0.1, 0.15) is 5.58 Å². The first kappa shape index (κ1) is 16.5. The summed E-state index contributed by atoms with van der Waals surface area (Å²) in [6.45, 7) is 3.07. The van der Waals surface area contributed by atoms with Crippen molar-refractivity contribution in [2.75, 3.05) is 13.2 Å². The van der Waals surface area contributed by atoms with E-state index in [1.807, 2.05) is 24.3 Å². The number of nitrogens with zero attached hydrogens (tertiary/aromatic N) is 1. The van der Waals surface area contributed by atoms with Crippen molar-refractivity contribution in [2.24, 2.45) is 0 Å². The Morgan fingerprint density at radius 1 is 1.20 bits per heavy atom. The van der Waals surface area contributed by atoms with Gasteiger partial charge < -0.3 is 9.15 Å². The van der Waals surface area contributed by atoms with E-state index in [2.05, 4.69) is 21.7 Å². The maximum absolute atomic E-state index is 12.8. The lowest BCUT2D eigenvalue weighted by Crippen LogP contribution is -2.33. The summed E-state index contributed by atoms with van der Waals surface area (Å²) in [7, 11) is 0. The standard InChI is InChI=1S/C20H21NO3S/c22-20-16(13-24-19-6-2-1-5-18(19)20)11-21(10-15-7-9-25-14-15)12-17-4-3-8-23-17/h1-2,5-7,9,13-14,17H,3-4,8,10-12H2/t17-/m1/s1. The van der Waals surface area contributed by atoms with E-state index in [1.54, 1.807) is 17.6 Å². The molecule has 1 aliphatic rings. The zero-order valence-electron chi connectivity index (χ0n) is 14.0. The molecule has 1 aliphatic heterocycles. The van der Waals surface area contributed by atoms with Gasteiger partial charge in [0.25, 0.3) is 0 Å². The average molecular weight is 355 g/mol. The van der Waals surface area contributed by atoms with Gasteiger partial charge in [0, 0.05) is 31.8 Å². The molecule has 0 amide bonds. The maximum atomic E-state index is 12.8. The number of thiophene rings is 1. The quantitative estimate of drug-likeness (QED) is 0.669. The molecule has 2 aromatic heterocycles. The van der Waals surface area contributed by atoms with Gasteiger partial charge in [0.05, 0.1) is 17.8 Å². The number of para-hydroxylation sites is 1. The van der Waals surface area contributed by atoms with Gasteiger partial charge in [-0.05, 0) is 47.4 Å². The van der Waals surface area contributed by atoms with Gasteiger partial charge in [-0.2, -0.15) is 11.3 Å². The molecule has 3 aromatic rings. The third-order valence-electron chi connectivity index (χ3n) is 4.62. The maximum Gasteiger partial charge on any atom is 0.197 e. The minimum Gasteiger partial charge on any atom is -0.464 e. The number of benzene rings is 1. The molecule has 0 unspecified atom stereocenters. The second kappa shape index (κ2) is 7.52. The summed E-state index contributed by atoms with van der Waals surface area (Å²) >= 11 is 1.70. The second-order valence-corrected chi connectivity index (χ2v) is 7.30. The van der Waals surface area contributed by atoms with Crippen LogP contribution in [0.4, 0.5) is 0 Å². The Morgan fingerprint density at radius 2 is 2.12 bits per heavy atom. The molecule has 0 saturated carbocycles. The van der Waals surface area contributed by atoms with Crippen LogP contribution in [-0.2, 0) is 17.8 Å². The van der Waals surface area contributed by atoms with Gasteiger partial charge >= 0.3 is 0 Å². The SMILES string of the molecule is O=c1c(CN(Cc2ccsc2)C[C@H]2CCCO2)coc2ccccc12. The van der Waals surface area contributed by atoms with E-state index in [-0.39, 0.29) is 11.5 Å². The molecule has 1 saturated heterocycles. The highest BCUT2D eigenvalue weighted by Gasteiger charge is 2.21. The van der Waals surface area contributed by atoms with Crippen LogP contribution in [0.25, 0.3) is 11.0 Å². The molecule has 130 valence electrons. The number of hydrogen-bond donors (Lipinski definition) is 0. The van der Waals surface area contributed by atoms with Crippen LogP contribution in [0.3, 0.4) is 0 Å². The Labute approximate surface area is 150 Å². The molecule has 1 fully saturated rings. The summed E-state index contributed by atoms with van der Waals surface area (Å²) < 4.78 is 11.5. The molecule has 1 aromatic carbocycles. The number of hydrogen-bond acceptors (Lipinski definition) is 5. The first-order valence-electron chi connectivity index (χ1n) is 8.64. The molecule has 5 heteroatoms. The molecule has 0 spiro atoms. The van der Waals surface area contributed by atoms with Gasteiger partial charge in [-0.1, -0.05) is 12.1 Å². The lowest BCUT2D eigenvalue weighted by molar-refractivity contribution is 0.0677. The van der Waals surface area contributed by atoms with Gasteiger partial charge in [0.15, 0.2) is 5.43 Å². The van der Waals surface area contributed by atoms with Crippen molar-refractivity contribution >= 4 is 22.3 Å². The van der Waals surface area contributed by atoms with Crippen molar-refractivity contribution in [3.8, 4) is 0 Å². The van der Waals surface area contributed by atoms with Crippen LogP contribution in [0.5, 0.6) is 0 Å². The summed E-state index contributed by atoms with van der Waals surface area (Å²) in [6, 6.07) is 9.55. The zero-order valence-corrected chi connectivity index (χ0v) is 14.8. The lowest BCUT2D eigenvalue weighted by Gasteiger charge is -2.24. The van der Waals surface area contributed by atoms with Crippen LogP contribution in [-0.4, -0.2) is 24.2 Å².